The third kappa shape index (κ3) is 2.96. The number of carbonyl (C=O) groups is 1. The number of pyridine rings is 1. The summed E-state index contributed by atoms with van der Waals surface area (Å²) >= 11 is 6.02. The Balaban J connectivity index is 1.45. The highest BCUT2D eigenvalue weighted by atomic mass is 35.5. The van der Waals surface area contributed by atoms with Gasteiger partial charge in [0.2, 0.25) is 22.8 Å². The first-order valence-electron chi connectivity index (χ1n) is 9.78. The van der Waals surface area contributed by atoms with Crippen LogP contribution in [-0.4, -0.2) is 33.4 Å². The van der Waals surface area contributed by atoms with Gasteiger partial charge in [-0.05, 0) is 36.7 Å². The van der Waals surface area contributed by atoms with Crippen LogP contribution in [0, 0.1) is 0 Å². The maximum Gasteiger partial charge on any atom is 0.289 e. The first-order chi connectivity index (χ1) is 15.1. The van der Waals surface area contributed by atoms with Crippen LogP contribution in [-0.2, 0) is 18.0 Å². The van der Waals surface area contributed by atoms with E-state index >= 15 is 0 Å². The fraction of sp³-hybridized carbons (Fsp3) is 0.238. The predicted molar refractivity (Wildman–Crippen MR) is 113 cm³/mol. The second-order valence-electron chi connectivity index (χ2n) is 7.53. The number of rotatable bonds is 2. The summed E-state index contributed by atoms with van der Waals surface area (Å²) in [5.41, 5.74) is 3.47. The van der Waals surface area contributed by atoms with Gasteiger partial charge in [0.25, 0.3) is 5.91 Å². The Labute approximate surface area is 180 Å². The molecular weight excluding hydrogens is 422 g/mol. The standard InChI is InChI=1S/C21H16ClN5O4/c1-9-6-23-17-16-10-2-5-15(31-20-11-7-29-8-13(11)26-21(22)27-20)25-12(10)3-4-14(16)30-18(17)19(28)24-9/h2-5,9,23H,6-8H2,1H3,(H,24,28)/t9-/m1/s1. The zero-order valence-electron chi connectivity index (χ0n) is 16.4. The van der Waals surface area contributed by atoms with Gasteiger partial charge in [-0.2, -0.15) is 4.98 Å². The monoisotopic (exact) mass is 437 g/mol. The summed E-state index contributed by atoms with van der Waals surface area (Å²) in [6.45, 7) is 3.27. The summed E-state index contributed by atoms with van der Waals surface area (Å²) in [6, 6.07) is 7.26. The van der Waals surface area contributed by atoms with Gasteiger partial charge in [-0.3, -0.25) is 4.79 Å². The number of carbonyl (C=O) groups excluding carboxylic acids is 1. The average Bonchev–Trinajstić information content (AvgIpc) is 3.33. The Kier molecular flexibility index (Phi) is 4.02. The molecule has 6 rings (SSSR count). The molecule has 0 saturated heterocycles. The van der Waals surface area contributed by atoms with E-state index in [1.807, 2.05) is 19.1 Å². The van der Waals surface area contributed by atoms with Gasteiger partial charge in [0.15, 0.2) is 0 Å². The summed E-state index contributed by atoms with van der Waals surface area (Å²) < 4.78 is 17.2. The van der Waals surface area contributed by atoms with E-state index in [0.717, 1.165) is 22.0 Å². The second-order valence-corrected chi connectivity index (χ2v) is 7.87. The van der Waals surface area contributed by atoms with Crippen molar-refractivity contribution >= 4 is 45.1 Å². The largest absolute Gasteiger partial charge is 0.449 e. The average molecular weight is 438 g/mol. The van der Waals surface area contributed by atoms with Crippen molar-refractivity contribution in [2.24, 2.45) is 0 Å². The Morgan fingerprint density at radius 1 is 1.16 bits per heavy atom. The lowest BCUT2D eigenvalue weighted by molar-refractivity contribution is 0.0920. The summed E-state index contributed by atoms with van der Waals surface area (Å²) in [5.74, 6) is 0.745. The lowest BCUT2D eigenvalue weighted by Gasteiger charge is -2.10. The van der Waals surface area contributed by atoms with E-state index in [1.165, 1.54) is 0 Å². The number of ether oxygens (including phenoxy) is 2. The highest BCUT2D eigenvalue weighted by Gasteiger charge is 2.27. The molecule has 10 heteroatoms. The van der Waals surface area contributed by atoms with Gasteiger partial charge in [-0.1, -0.05) is 0 Å². The number of fused-ring (bicyclic) bond motifs is 6. The van der Waals surface area contributed by atoms with Crippen molar-refractivity contribution in [3.8, 4) is 11.8 Å². The van der Waals surface area contributed by atoms with Gasteiger partial charge in [0.05, 0.1) is 41.1 Å². The number of anilines is 1. The molecule has 9 nitrogen and oxygen atoms in total. The number of nitrogens with one attached hydrogen (secondary N) is 2. The summed E-state index contributed by atoms with van der Waals surface area (Å²) in [5, 5.41) is 7.99. The molecule has 5 heterocycles. The Morgan fingerprint density at radius 2 is 2.06 bits per heavy atom. The molecule has 1 aromatic carbocycles. The zero-order valence-corrected chi connectivity index (χ0v) is 17.1. The van der Waals surface area contributed by atoms with Crippen LogP contribution in [0.4, 0.5) is 5.69 Å². The molecule has 1 atom stereocenters. The first kappa shape index (κ1) is 18.3. The van der Waals surface area contributed by atoms with Crippen LogP contribution in [0.3, 0.4) is 0 Å². The first-order valence-corrected chi connectivity index (χ1v) is 10.2. The zero-order chi connectivity index (χ0) is 21.1. The van der Waals surface area contributed by atoms with Crippen LogP contribution >= 0.6 is 11.6 Å². The molecule has 31 heavy (non-hydrogen) atoms. The molecule has 0 spiro atoms. The fourth-order valence-electron chi connectivity index (χ4n) is 3.94. The van der Waals surface area contributed by atoms with Crippen LogP contribution in [0.1, 0.15) is 28.7 Å². The minimum absolute atomic E-state index is 0.0105. The molecule has 1 amide bonds. The van der Waals surface area contributed by atoms with Gasteiger partial charge in [0.1, 0.15) is 5.58 Å². The Hall–Kier alpha value is -3.43. The fourth-order valence-corrected chi connectivity index (χ4v) is 4.12. The van der Waals surface area contributed by atoms with Crippen molar-refractivity contribution in [2.75, 3.05) is 11.9 Å². The number of hydrogen-bond acceptors (Lipinski definition) is 8. The van der Waals surface area contributed by atoms with E-state index < -0.39 is 0 Å². The van der Waals surface area contributed by atoms with Crippen molar-refractivity contribution in [2.45, 2.75) is 26.2 Å². The third-order valence-corrected chi connectivity index (χ3v) is 5.55. The van der Waals surface area contributed by atoms with Crippen molar-refractivity contribution in [3.63, 3.8) is 0 Å². The van der Waals surface area contributed by atoms with Gasteiger partial charge >= 0.3 is 0 Å². The van der Waals surface area contributed by atoms with Gasteiger partial charge in [0, 0.05) is 24.0 Å². The lowest BCUT2D eigenvalue weighted by atomic mass is 10.1. The van der Waals surface area contributed by atoms with E-state index in [0.29, 0.717) is 48.3 Å². The maximum absolute atomic E-state index is 12.5. The molecule has 2 aliphatic rings. The number of halogens is 1. The minimum atomic E-state index is -0.235. The van der Waals surface area contributed by atoms with Gasteiger partial charge in [-0.25, -0.2) is 9.97 Å². The van der Waals surface area contributed by atoms with Gasteiger partial charge < -0.3 is 24.5 Å². The highest BCUT2D eigenvalue weighted by molar-refractivity contribution is 6.28. The maximum atomic E-state index is 12.5. The summed E-state index contributed by atoms with van der Waals surface area (Å²) in [6.07, 6.45) is 0. The topological polar surface area (TPSA) is 111 Å². The molecule has 0 fully saturated rings. The third-order valence-electron chi connectivity index (χ3n) is 5.38. The molecule has 156 valence electrons. The van der Waals surface area contributed by atoms with Crippen molar-refractivity contribution in [1.82, 2.24) is 20.3 Å². The number of nitrogens with zero attached hydrogens (tertiary/aromatic N) is 3. The van der Waals surface area contributed by atoms with E-state index in [4.69, 9.17) is 25.5 Å². The molecule has 0 saturated carbocycles. The predicted octanol–water partition coefficient (Wildman–Crippen LogP) is 3.79. The number of furan rings is 1. The molecule has 0 bridgehead atoms. The SMILES string of the molecule is C[C@@H]1CNc2c(oc3ccc4nc(Oc5nc(Cl)nc6c5COC6)ccc4c23)C(=O)N1. The minimum Gasteiger partial charge on any atom is -0.449 e. The van der Waals surface area contributed by atoms with Crippen molar-refractivity contribution < 1.29 is 18.7 Å². The van der Waals surface area contributed by atoms with E-state index in [1.54, 1.807) is 12.1 Å². The highest BCUT2D eigenvalue weighted by Crippen LogP contribution is 2.38. The van der Waals surface area contributed by atoms with E-state index in [2.05, 4.69) is 25.6 Å². The van der Waals surface area contributed by atoms with Crippen LogP contribution in [0.2, 0.25) is 5.28 Å². The Bertz CT molecular complexity index is 1390. The molecule has 0 unspecified atom stereocenters. The smallest absolute Gasteiger partial charge is 0.289 e. The molecular formula is C21H16ClN5O4. The number of aromatic nitrogens is 3. The van der Waals surface area contributed by atoms with E-state index in [9.17, 15) is 4.79 Å². The van der Waals surface area contributed by atoms with E-state index in [-0.39, 0.29) is 23.0 Å². The molecule has 4 aromatic rings. The number of hydrogen-bond donors (Lipinski definition) is 2. The number of benzene rings is 1. The normalized spacial score (nSPS) is 17.7. The molecule has 2 N–H and O–H groups in total. The van der Waals surface area contributed by atoms with Crippen LogP contribution < -0.4 is 15.4 Å². The van der Waals surface area contributed by atoms with Crippen molar-refractivity contribution in [3.05, 3.63) is 46.6 Å². The quantitative estimate of drug-likeness (QED) is 0.455. The summed E-state index contributed by atoms with van der Waals surface area (Å²) in [7, 11) is 0. The number of amides is 1. The van der Waals surface area contributed by atoms with Crippen molar-refractivity contribution in [1.29, 1.82) is 0 Å². The second kappa shape index (κ2) is 6.79. The lowest BCUT2D eigenvalue weighted by Crippen LogP contribution is -2.34. The molecule has 0 radical (unpaired) electrons. The van der Waals surface area contributed by atoms with Crippen LogP contribution in [0.25, 0.3) is 21.9 Å². The van der Waals surface area contributed by atoms with Gasteiger partial charge in [-0.15, -0.1) is 0 Å². The van der Waals surface area contributed by atoms with Crippen LogP contribution in [0.15, 0.2) is 28.7 Å². The van der Waals surface area contributed by atoms with Crippen LogP contribution in [0.5, 0.6) is 11.8 Å². The Morgan fingerprint density at radius 3 is 2.97 bits per heavy atom. The summed E-state index contributed by atoms with van der Waals surface area (Å²) in [4.78, 5) is 25.5. The molecule has 2 aliphatic heterocycles. The molecule has 3 aromatic heterocycles. The molecule has 0 aliphatic carbocycles.